The van der Waals surface area contributed by atoms with E-state index in [4.69, 9.17) is 21.8 Å². The van der Waals surface area contributed by atoms with Crippen LogP contribution in [0.1, 0.15) is 30.7 Å². The van der Waals surface area contributed by atoms with E-state index < -0.39 is 0 Å². The van der Waals surface area contributed by atoms with Crippen LogP contribution in [-0.4, -0.2) is 34.8 Å². The predicted octanol–water partition coefficient (Wildman–Crippen LogP) is 4.26. The van der Waals surface area contributed by atoms with Crippen molar-refractivity contribution in [1.82, 2.24) is 9.88 Å². The topological polar surface area (TPSA) is 101 Å². The first kappa shape index (κ1) is 23.0. The van der Waals surface area contributed by atoms with E-state index in [-0.39, 0.29) is 24.2 Å². The number of oxazole rings is 1. The Balaban J connectivity index is 1.27. The van der Waals surface area contributed by atoms with Crippen LogP contribution in [0.2, 0.25) is 5.02 Å². The first-order valence-electron chi connectivity index (χ1n) is 11.1. The second kappa shape index (κ2) is 10.6. The first-order valence-corrected chi connectivity index (χ1v) is 11.5. The van der Waals surface area contributed by atoms with Gasteiger partial charge in [-0.15, -0.1) is 0 Å². The summed E-state index contributed by atoms with van der Waals surface area (Å²) >= 11 is 6.21. The van der Waals surface area contributed by atoms with E-state index in [1.54, 1.807) is 12.3 Å². The number of carbonyl (C=O) groups is 2. The van der Waals surface area contributed by atoms with Gasteiger partial charge in [-0.2, -0.15) is 0 Å². The number of nitrogens with two attached hydrogens (primary N) is 1. The average molecular weight is 467 g/mol. The van der Waals surface area contributed by atoms with Crippen LogP contribution in [0, 0.1) is 5.92 Å². The van der Waals surface area contributed by atoms with Crippen molar-refractivity contribution in [2.24, 2.45) is 11.7 Å². The molecule has 0 spiro atoms. The molecule has 1 saturated heterocycles. The Bertz CT molecular complexity index is 1120. The molecule has 0 saturated carbocycles. The largest absolute Gasteiger partial charge is 0.441 e. The SMILES string of the molecule is NC(=O)C1CCN(Cc2cccc(NC(=O)CCc3ncc(-c4ccccc4Cl)o3)c2)CC1. The van der Waals surface area contributed by atoms with Crippen molar-refractivity contribution >= 4 is 29.1 Å². The number of likely N-dealkylation sites (tertiary alicyclic amines) is 1. The number of primary amides is 1. The summed E-state index contributed by atoms with van der Waals surface area (Å²) in [5.74, 6) is 0.754. The number of aromatic nitrogens is 1. The van der Waals surface area contributed by atoms with Crippen LogP contribution in [0.4, 0.5) is 5.69 Å². The van der Waals surface area contributed by atoms with Gasteiger partial charge in [0.25, 0.3) is 0 Å². The second-order valence-corrected chi connectivity index (χ2v) is 8.71. The number of rotatable bonds is 8. The highest BCUT2D eigenvalue weighted by molar-refractivity contribution is 6.33. The zero-order chi connectivity index (χ0) is 23.2. The smallest absolute Gasteiger partial charge is 0.224 e. The van der Waals surface area contributed by atoms with Gasteiger partial charge in [-0.25, -0.2) is 4.98 Å². The number of hydrogen-bond acceptors (Lipinski definition) is 5. The standard InChI is InChI=1S/C25H27ClN4O3/c26-21-7-2-1-6-20(21)22-15-28-24(33-22)9-8-23(31)29-19-5-3-4-17(14-19)16-30-12-10-18(11-13-30)25(27)32/h1-7,14-15,18H,8-13,16H2,(H2,27,32)(H,29,31). The van der Waals surface area contributed by atoms with Gasteiger partial charge in [-0.3, -0.25) is 14.5 Å². The van der Waals surface area contributed by atoms with Gasteiger partial charge in [-0.05, 0) is 55.8 Å². The van der Waals surface area contributed by atoms with Crippen LogP contribution < -0.4 is 11.1 Å². The minimum atomic E-state index is -0.204. The Morgan fingerprint density at radius 2 is 1.94 bits per heavy atom. The number of nitrogens with one attached hydrogen (secondary N) is 1. The third kappa shape index (κ3) is 6.21. The maximum atomic E-state index is 12.5. The molecule has 1 aromatic heterocycles. The number of amides is 2. The summed E-state index contributed by atoms with van der Waals surface area (Å²) in [7, 11) is 0. The van der Waals surface area contributed by atoms with Crippen molar-refractivity contribution in [3.05, 3.63) is 71.2 Å². The molecule has 3 N–H and O–H groups in total. The molecule has 1 fully saturated rings. The molecule has 0 bridgehead atoms. The lowest BCUT2D eigenvalue weighted by Crippen LogP contribution is -2.38. The van der Waals surface area contributed by atoms with Crippen molar-refractivity contribution < 1.29 is 14.0 Å². The van der Waals surface area contributed by atoms with Crippen LogP contribution in [0.3, 0.4) is 0 Å². The molecule has 2 amide bonds. The number of carbonyl (C=O) groups excluding carboxylic acids is 2. The summed E-state index contributed by atoms with van der Waals surface area (Å²) in [6.07, 6.45) is 3.87. The highest BCUT2D eigenvalue weighted by atomic mass is 35.5. The molecule has 0 radical (unpaired) electrons. The van der Waals surface area contributed by atoms with E-state index in [0.29, 0.717) is 23.1 Å². The molecule has 0 unspecified atom stereocenters. The van der Waals surface area contributed by atoms with E-state index in [1.165, 1.54) is 0 Å². The highest BCUT2D eigenvalue weighted by Crippen LogP contribution is 2.28. The number of halogens is 1. The molecular formula is C25H27ClN4O3. The Morgan fingerprint density at radius 1 is 1.15 bits per heavy atom. The lowest BCUT2D eigenvalue weighted by Gasteiger charge is -2.30. The Labute approximate surface area is 197 Å². The van der Waals surface area contributed by atoms with Gasteiger partial charge in [0.2, 0.25) is 11.8 Å². The van der Waals surface area contributed by atoms with Crippen molar-refractivity contribution in [3.8, 4) is 11.3 Å². The summed E-state index contributed by atoms with van der Waals surface area (Å²) in [6, 6.07) is 15.2. The van der Waals surface area contributed by atoms with Crippen molar-refractivity contribution in [1.29, 1.82) is 0 Å². The van der Waals surface area contributed by atoms with Crippen molar-refractivity contribution in [2.45, 2.75) is 32.2 Å². The molecule has 4 rings (SSSR count). The molecule has 3 aromatic rings. The summed E-state index contributed by atoms with van der Waals surface area (Å²) in [5, 5.41) is 3.54. The Morgan fingerprint density at radius 3 is 2.70 bits per heavy atom. The quantitative estimate of drug-likeness (QED) is 0.516. The summed E-state index contributed by atoms with van der Waals surface area (Å²) in [6.45, 7) is 2.46. The fourth-order valence-electron chi connectivity index (χ4n) is 4.04. The predicted molar refractivity (Wildman–Crippen MR) is 128 cm³/mol. The monoisotopic (exact) mass is 466 g/mol. The fraction of sp³-hybridized carbons (Fsp3) is 0.320. The van der Waals surface area contributed by atoms with Gasteiger partial charge < -0.3 is 15.5 Å². The van der Waals surface area contributed by atoms with E-state index >= 15 is 0 Å². The van der Waals surface area contributed by atoms with Crippen molar-refractivity contribution in [3.63, 3.8) is 0 Å². The molecule has 172 valence electrons. The number of benzene rings is 2. The maximum Gasteiger partial charge on any atom is 0.224 e. The molecule has 1 aliphatic rings. The molecule has 8 heteroatoms. The van der Waals surface area contributed by atoms with Gasteiger partial charge >= 0.3 is 0 Å². The van der Waals surface area contributed by atoms with E-state index in [9.17, 15) is 9.59 Å². The van der Waals surface area contributed by atoms with Gasteiger partial charge in [0.15, 0.2) is 11.7 Å². The number of piperidine rings is 1. The minimum absolute atomic E-state index is 0.0173. The zero-order valence-corrected chi connectivity index (χ0v) is 19.1. The Kier molecular flexibility index (Phi) is 7.42. The normalized spacial score (nSPS) is 14.8. The fourth-order valence-corrected chi connectivity index (χ4v) is 4.27. The highest BCUT2D eigenvalue weighted by Gasteiger charge is 2.23. The molecular weight excluding hydrogens is 440 g/mol. The van der Waals surface area contributed by atoms with Crippen molar-refractivity contribution in [2.75, 3.05) is 18.4 Å². The number of aryl methyl sites for hydroxylation is 1. The van der Waals surface area contributed by atoms with Crippen LogP contribution in [0.5, 0.6) is 0 Å². The lowest BCUT2D eigenvalue weighted by molar-refractivity contribution is -0.123. The van der Waals surface area contributed by atoms with E-state index in [2.05, 4.69) is 15.2 Å². The summed E-state index contributed by atoms with van der Waals surface area (Å²) in [5.41, 5.74) is 8.06. The van der Waals surface area contributed by atoms with Crippen LogP contribution >= 0.6 is 11.6 Å². The maximum absolute atomic E-state index is 12.5. The molecule has 1 aliphatic heterocycles. The molecule has 33 heavy (non-hydrogen) atoms. The number of nitrogens with zero attached hydrogens (tertiary/aromatic N) is 2. The first-order chi connectivity index (χ1) is 16.0. The van der Waals surface area contributed by atoms with Crippen LogP contribution in [0.15, 0.2) is 59.1 Å². The van der Waals surface area contributed by atoms with Gasteiger partial charge in [0, 0.05) is 36.6 Å². The third-order valence-corrected chi connectivity index (χ3v) is 6.20. The zero-order valence-electron chi connectivity index (χ0n) is 18.3. The van der Waals surface area contributed by atoms with Crippen LogP contribution in [-0.2, 0) is 22.6 Å². The van der Waals surface area contributed by atoms with Gasteiger partial charge in [0.1, 0.15) is 0 Å². The van der Waals surface area contributed by atoms with Gasteiger partial charge in [0.05, 0.1) is 11.2 Å². The second-order valence-electron chi connectivity index (χ2n) is 8.30. The lowest BCUT2D eigenvalue weighted by atomic mass is 9.96. The molecule has 7 nitrogen and oxygen atoms in total. The summed E-state index contributed by atoms with van der Waals surface area (Å²) in [4.78, 5) is 30.4. The Hall–Kier alpha value is -3.16. The van der Waals surface area contributed by atoms with E-state index in [0.717, 1.165) is 49.3 Å². The number of hydrogen-bond donors (Lipinski definition) is 2. The molecule has 2 heterocycles. The molecule has 2 aromatic carbocycles. The third-order valence-electron chi connectivity index (χ3n) is 5.87. The summed E-state index contributed by atoms with van der Waals surface area (Å²) < 4.78 is 5.77. The average Bonchev–Trinajstić information content (AvgIpc) is 3.27. The van der Waals surface area contributed by atoms with E-state index in [1.807, 2.05) is 42.5 Å². The van der Waals surface area contributed by atoms with Crippen LogP contribution in [0.25, 0.3) is 11.3 Å². The molecule has 0 aliphatic carbocycles. The molecule has 0 atom stereocenters. The van der Waals surface area contributed by atoms with Gasteiger partial charge in [-0.1, -0.05) is 35.9 Å². The number of anilines is 1. The minimum Gasteiger partial charge on any atom is -0.441 e.